The molecular formula is C20H23FN6O2. The Hall–Kier alpha value is -3.10. The monoisotopic (exact) mass is 398 g/mol. The summed E-state index contributed by atoms with van der Waals surface area (Å²) in [5.74, 6) is 1.22. The van der Waals surface area contributed by atoms with Crippen LogP contribution in [0.3, 0.4) is 0 Å². The highest BCUT2D eigenvalue weighted by molar-refractivity contribution is 6.09. The molecule has 152 valence electrons. The molecule has 8 nitrogen and oxygen atoms in total. The van der Waals surface area contributed by atoms with Crippen molar-refractivity contribution in [3.8, 4) is 0 Å². The summed E-state index contributed by atoms with van der Waals surface area (Å²) in [6, 6.07) is 3.93. The number of aliphatic imine (C=N–C) groups is 1. The van der Waals surface area contributed by atoms with Gasteiger partial charge in [-0.15, -0.1) is 0 Å². The van der Waals surface area contributed by atoms with Crippen LogP contribution in [0.2, 0.25) is 0 Å². The third kappa shape index (κ3) is 3.52. The van der Waals surface area contributed by atoms with Crippen molar-refractivity contribution in [2.45, 2.75) is 38.6 Å². The Morgan fingerprint density at radius 1 is 1.34 bits per heavy atom. The predicted octanol–water partition coefficient (Wildman–Crippen LogP) is 2.59. The number of hydrogen-bond acceptors (Lipinski definition) is 6. The van der Waals surface area contributed by atoms with Crippen LogP contribution in [0.1, 0.15) is 53.3 Å². The Labute approximate surface area is 167 Å². The molecule has 4 rings (SSSR count). The number of halogens is 1. The van der Waals surface area contributed by atoms with Crippen LogP contribution in [0, 0.1) is 18.2 Å². The first kappa shape index (κ1) is 19.2. The molecular weight excluding hydrogens is 375 g/mol. The molecule has 1 saturated heterocycles. The number of nitrogens with one attached hydrogen (secondary N) is 1. The molecule has 2 heterocycles. The number of aryl methyl sites for hydroxylation is 1. The molecule has 2 aromatic rings. The zero-order valence-electron chi connectivity index (χ0n) is 16.6. The first-order valence-electron chi connectivity index (χ1n) is 9.64. The van der Waals surface area contributed by atoms with Crippen molar-refractivity contribution in [2.75, 3.05) is 20.1 Å². The second-order valence-corrected chi connectivity index (χ2v) is 7.45. The van der Waals surface area contributed by atoms with Crippen molar-refractivity contribution in [1.29, 1.82) is 5.41 Å². The van der Waals surface area contributed by atoms with Gasteiger partial charge in [0.15, 0.2) is 11.7 Å². The summed E-state index contributed by atoms with van der Waals surface area (Å²) in [4.78, 5) is 24.8. The van der Waals surface area contributed by atoms with Gasteiger partial charge in [-0.1, -0.05) is 11.2 Å². The van der Waals surface area contributed by atoms with Gasteiger partial charge in [-0.05, 0) is 44.4 Å². The lowest BCUT2D eigenvalue weighted by Crippen LogP contribution is -2.59. The molecule has 1 saturated carbocycles. The molecule has 0 unspecified atom stereocenters. The van der Waals surface area contributed by atoms with Gasteiger partial charge in [0, 0.05) is 31.6 Å². The summed E-state index contributed by atoms with van der Waals surface area (Å²) in [5.41, 5.74) is 0.762. The smallest absolute Gasteiger partial charge is 0.293 e. The predicted molar refractivity (Wildman–Crippen MR) is 105 cm³/mol. The van der Waals surface area contributed by atoms with E-state index in [1.54, 1.807) is 42.8 Å². The van der Waals surface area contributed by atoms with Gasteiger partial charge in [0.2, 0.25) is 0 Å². The van der Waals surface area contributed by atoms with Crippen LogP contribution >= 0.6 is 0 Å². The molecule has 1 aromatic heterocycles. The number of amides is 1. The van der Waals surface area contributed by atoms with E-state index in [1.165, 1.54) is 6.07 Å². The van der Waals surface area contributed by atoms with Gasteiger partial charge in [0.05, 0.1) is 6.04 Å². The molecule has 9 heteroatoms. The van der Waals surface area contributed by atoms with Gasteiger partial charge < -0.3 is 14.3 Å². The Morgan fingerprint density at radius 2 is 2.10 bits per heavy atom. The van der Waals surface area contributed by atoms with E-state index in [1.807, 2.05) is 0 Å². The standard InChI is InChI=1S/C20H23FN6O2/c1-11-4-5-14(10-15(11)21)20(28)26-8-9-27(16(22)12(26)2)18(23-3)19-24-17(25-29-19)13-6-7-13/h4-5,10,12-13,22H,6-9H2,1-3H3/t12-/m1/s1. The van der Waals surface area contributed by atoms with Crippen molar-refractivity contribution < 1.29 is 13.7 Å². The van der Waals surface area contributed by atoms with E-state index in [4.69, 9.17) is 9.93 Å². The zero-order chi connectivity index (χ0) is 20.7. The Kier molecular flexibility index (Phi) is 4.89. The van der Waals surface area contributed by atoms with E-state index in [-0.39, 0.29) is 23.2 Å². The topological polar surface area (TPSA) is 98.7 Å². The number of carbonyl (C=O) groups is 1. The second kappa shape index (κ2) is 7.38. The molecule has 29 heavy (non-hydrogen) atoms. The fraction of sp³-hybridized carbons (Fsp3) is 0.450. The van der Waals surface area contributed by atoms with Crippen LogP contribution in [0.15, 0.2) is 27.7 Å². The van der Waals surface area contributed by atoms with Crippen LogP contribution in [0.25, 0.3) is 0 Å². The first-order valence-corrected chi connectivity index (χ1v) is 9.64. The lowest BCUT2D eigenvalue weighted by Gasteiger charge is -2.40. The van der Waals surface area contributed by atoms with Crippen LogP contribution < -0.4 is 0 Å². The average molecular weight is 398 g/mol. The lowest BCUT2D eigenvalue weighted by atomic mass is 10.1. The summed E-state index contributed by atoms with van der Waals surface area (Å²) < 4.78 is 19.3. The number of benzene rings is 1. The minimum atomic E-state index is -0.511. The molecule has 2 aliphatic rings. The van der Waals surface area contributed by atoms with Gasteiger partial charge in [-0.3, -0.25) is 15.2 Å². The average Bonchev–Trinajstić information content (AvgIpc) is 3.45. The number of amidine groups is 2. The molecule has 2 fully saturated rings. The summed E-state index contributed by atoms with van der Waals surface area (Å²) in [5, 5.41) is 12.6. The van der Waals surface area contributed by atoms with Crippen molar-refractivity contribution in [2.24, 2.45) is 4.99 Å². The third-order valence-electron chi connectivity index (χ3n) is 5.44. The number of carbonyl (C=O) groups excluding carboxylic acids is 1. The van der Waals surface area contributed by atoms with Crippen molar-refractivity contribution in [3.63, 3.8) is 0 Å². The maximum atomic E-state index is 13.9. The number of rotatable bonds is 3. The van der Waals surface area contributed by atoms with Crippen LogP contribution in [0.5, 0.6) is 0 Å². The summed E-state index contributed by atoms with van der Waals surface area (Å²) in [7, 11) is 1.61. The number of nitrogens with zero attached hydrogens (tertiary/aromatic N) is 5. The van der Waals surface area contributed by atoms with Gasteiger partial charge in [-0.2, -0.15) is 4.98 Å². The highest BCUT2D eigenvalue weighted by Gasteiger charge is 2.37. The molecule has 1 N–H and O–H groups in total. The minimum absolute atomic E-state index is 0.198. The molecule has 0 bridgehead atoms. The highest BCUT2D eigenvalue weighted by Crippen LogP contribution is 2.38. The van der Waals surface area contributed by atoms with E-state index < -0.39 is 11.9 Å². The van der Waals surface area contributed by atoms with Crippen LogP contribution in [-0.4, -0.2) is 63.7 Å². The van der Waals surface area contributed by atoms with Crippen LogP contribution in [-0.2, 0) is 0 Å². The SMILES string of the molecule is CN=C(c1nc(C2CC2)no1)N1CCN(C(=O)c2ccc(C)c(F)c2)[C@H](C)C1=N. The largest absolute Gasteiger partial charge is 0.331 e. The van der Waals surface area contributed by atoms with Gasteiger partial charge in [0.25, 0.3) is 11.8 Å². The van der Waals surface area contributed by atoms with E-state index in [0.29, 0.717) is 36.2 Å². The van der Waals surface area contributed by atoms with E-state index in [2.05, 4.69) is 15.1 Å². The minimum Gasteiger partial charge on any atom is -0.331 e. The third-order valence-corrected chi connectivity index (χ3v) is 5.44. The van der Waals surface area contributed by atoms with Crippen molar-refractivity contribution in [3.05, 3.63) is 46.9 Å². The number of piperazine rings is 1. The molecule has 1 aliphatic heterocycles. The normalized spacial score (nSPS) is 20.3. The van der Waals surface area contributed by atoms with Gasteiger partial charge in [0.1, 0.15) is 11.7 Å². The molecule has 1 amide bonds. The van der Waals surface area contributed by atoms with E-state index in [9.17, 15) is 9.18 Å². The van der Waals surface area contributed by atoms with E-state index >= 15 is 0 Å². The number of hydrogen-bond donors (Lipinski definition) is 1. The van der Waals surface area contributed by atoms with Gasteiger partial charge >= 0.3 is 0 Å². The molecule has 0 spiro atoms. The van der Waals surface area contributed by atoms with Crippen molar-refractivity contribution in [1.82, 2.24) is 19.9 Å². The zero-order valence-corrected chi connectivity index (χ0v) is 16.6. The lowest BCUT2D eigenvalue weighted by molar-refractivity contribution is 0.0700. The fourth-order valence-corrected chi connectivity index (χ4v) is 3.45. The molecule has 0 radical (unpaired) electrons. The molecule has 1 atom stereocenters. The number of aromatic nitrogens is 2. The van der Waals surface area contributed by atoms with Gasteiger partial charge in [-0.25, -0.2) is 4.39 Å². The van der Waals surface area contributed by atoms with Crippen LogP contribution in [0.4, 0.5) is 4.39 Å². The highest BCUT2D eigenvalue weighted by atomic mass is 19.1. The summed E-state index contributed by atoms with van der Waals surface area (Å²) in [6.45, 7) is 4.14. The fourth-order valence-electron chi connectivity index (χ4n) is 3.45. The summed E-state index contributed by atoms with van der Waals surface area (Å²) >= 11 is 0. The first-order chi connectivity index (χ1) is 13.9. The maximum Gasteiger partial charge on any atom is 0.293 e. The van der Waals surface area contributed by atoms with Crippen molar-refractivity contribution >= 4 is 17.6 Å². The Morgan fingerprint density at radius 3 is 2.76 bits per heavy atom. The molecule has 1 aromatic carbocycles. The Balaban J connectivity index is 1.52. The molecule has 1 aliphatic carbocycles. The van der Waals surface area contributed by atoms with E-state index in [0.717, 1.165) is 12.8 Å². The summed E-state index contributed by atoms with van der Waals surface area (Å²) in [6.07, 6.45) is 2.12. The quantitative estimate of drug-likeness (QED) is 0.633. The second-order valence-electron chi connectivity index (χ2n) is 7.45. The maximum absolute atomic E-state index is 13.9. The Bertz CT molecular complexity index is 997.